The molecule has 0 aromatic carbocycles. The number of amides is 1. The van der Waals surface area contributed by atoms with Crippen LogP contribution >= 0.6 is 0 Å². The first kappa shape index (κ1) is 11.6. The number of rotatable bonds is 1. The van der Waals surface area contributed by atoms with E-state index in [1.165, 1.54) is 0 Å². The summed E-state index contributed by atoms with van der Waals surface area (Å²) < 4.78 is 7.15. The third kappa shape index (κ3) is 1.40. The average Bonchev–Trinajstić information content (AvgIpc) is 3.12. The number of nitrogens with zero attached hydrogens (tertiary/aromatic N) is 5. The number of aromatic nitrogens is 4. The number of carbonyl (C=O) groups is 1. The Morgan fingerprint density at radius 2 is 2.25 bits per heavy atom. The van der Waals surface area contributed by atoms with Crippen molar-refractivity contribution in [3.8, 4) is 11.5 Å². The second-order valence-corrected chi connectivity index (χ2v) is 5.37. The van der Waals surface area contributed by atoms with Gasteiger partial charge in [-0.3, -0.25) is 9.36 Å². The molecule has 1 saturated heterocycles. The molecule has 0 N–H and O–H groups in total. The maximum Gasteiger partial charge on any atom is 0.246 e. The molecule has 0 aliphatic carbocycles. The van der Waals surface area contributed by atoms with E-state index in [-0.39, 0.29) is 18.0 Å². The maximum absolute atomic E-state index is 12.5. The lowest BCUT2D eigenvalue weighted by atomic mass is 10.1. The van der Waals surface area contributed by atoms with E-state index < -0.39 is 0 Å². The van der Waals surface area contributed by atoms with Gasteiger partial charge in [0.25, 0.3) is 0 Å². The Kier molecular flexibility index (Phi) is 2.27. The van der Waals surface area contributed by atoms with Gasteiger partial charge in [0.2, 0.25) is 5.91 Å². The second-order valence-electron chi connectivity index (χ2n) is 5.37. The molecule has 4 heterocycles. The van der Waals surface area contributed by atoms with E-state index in [9.17, 15) is 4.79 Å². The number of aryl methyl sites for hydroxylation is 1. The first-order chi connectivity index (χ1) is 9.66. The summed E-state index contributed by atoms with van der Waals surface area (Å²) in [6.07, 6.45) is 3.54. The van der Waals surface area contributed by atoms with Crippen molar-refractivity contribution in [2.45, 2.75) is 38.8 Å². The molecule has 7 nitrogen and oxygen atoms in total. The average molecular weight is 273 g/mol. The molecule has 1 amide bonds. The third-order valence-electron chi connectivity index (χ3n) is 4.15. The van der Waals surface area contributed by atoms with Crippen LogP contribution in [0.3, 0.4) is 0 Å². The third-order valence-corrected chi connectivity index (χ3v) is 4.15. The van der Waals surface area contributed by atoms with Crippen LogP contribution in [-0.4, -0.2) is 37.1 Å². The highest BCUT2D eigenvalue weighted by atomic mass is 16.3. The quantitative estimate of drug-likeness (QED) is 0.786. The zero-order chi connectivity index (χ0) is 13.9. The van der Waals surface area contributed by atoms with Crippen LogP contribution in [0.4, 0.5) is 0 Å². The summed E-state index contributed by atoms with van der Waals surface area (Å²) in [7, 11) is 0. The minimum absolute atomic E-state index is 0.0629. The zero-order valence-corrected chi connectivity index (χ0v) is 11.4. The summed E-state index contributed by atoms with van der Waals surface area (Å²) in [4.78, 5) is 18.7. The van der Waals surface area contributed by atoms with Gasteiger partial charge >= 0.3 is 0 Å². The monoisotopic (exact) mass is 273 g/mol. The lowest BCUT2D eigenvalue weighted by molar-refractivity contribution is -0.137. The van der Waals surface area contributed by atoms with Crippen LogP contribution in [0, 0.1) is 6.92 Å². The Morgan fingerprint density at radius 3 is 3.00 bits per heavy atom. The minimum atomic E-state index is -0.290. The molecule has 0 spiro atoms. The van der Waals surface area contributed by atoms with Crippen LogP contribution in [0.1, 0.15) is 43.6 Å². The van der Waals surface area contributed by atoms with Gasteiger partial charge in [-0.05, 0) is 19.8 Å². The fraction of sp³-hybridized carbons (Fsp3) is 0.538. The summed E-state index contributed by atoms with van der Waals surface area (Å²) in [5, 5.41) is 8.55. The Bertz CT molecular complexity index is 689. The van der Waals surface area contributed by atoms with E-state index in [4.69, 9.17) is 4.42 Å². The summed E-state index contributed by atoms with van der Waals surface area (Å²) in [6, 6.07) is -0.227. The molecule has 2 aliphatic rings. The van der Waals surface area contributed by atoms with Crippen molar-refractivity contribution in [3.63, 3.8) is 0 Å². The smallest absolute Gasteiger partial charge is 0.246 e. The van der Waals surface area contributed by atoms with Gasteiger partial charge in [0.15, 0.2) is 17.5 Å². The number of hydrogen-bond donors (Lipinski definition) is 0. The molecule has 0 unspecified atom stereocenters. The van der Waals surface area contributed by atoms with Gasteiger partial charge in [0.1, 0.15) is 18.0 Å². The van der Waals surface area contributed by atoms with Crippen LogP contribution in [-0.2, 0) is 4.79 Å². The topological polar surface area (TPSA) is 77.1 Å². The molecule has 20 heavy (non-hydrogen) atoms. The molecule has 0 bridgehead atoms. The van der Waals surface area contributed by atoms with E-state index >= 15 is 0 Å². The largest absolute Gasteiger partial charge is 0.449 e. The van der Waals surface area contributed by atoms with E-state index in [1.54, 1.807) is 13.2 Å². The molecule has 2 atom stereocenters. The van der Waals surface area contributed by atoms with Gasteiger partial charge < -0.3 is 9.32 Å². The normalized spacial score (nSPS) is 24.9. The Labute approximate surface area is 115 Å². The van der Waals surface area contributed by atoms with Gasteiger partial charge in [0.05, 0.1) is 6.04 Å². The standard InChI is InChI=1S/C13H15N5O2/c1-7-13(19)17-5-3-4-10(17)12-16-15-11(18(7)12)9-6-20-8(2)14-9/h6-7,10H,3-5H2,1-2H3/t7-,10-/m0/s1. The first-order valence-electron chi connectivity index (χ1n) is 6.84. The van der Waals surface area contributed by atoms with Crippen molar-refractivity contribution in [2.75, 3.05) is 6.54 Å². The van der Waals surface area contributed by atoms with Crippen LogP contribution < -0.4 is 0 Å². The predicted molar refractivity (Wildman–Crippen MR) is 68.7 cm³/mol. The van der Waals surface area contributed by atoms with Crippen molar-refractivity contribution >= 4 is 5.91 Å². The highest BCUT2D eigenvalue weighted by Crippen LogP contribution is 2.39. The number of carbonyl (C=O) groups excluding carboxylic acids is 1. The van der Waals surface area contributed by atoms with Crippen molar-refractivity contribution in [1.82, 2.24) is 24.6 Å². The van der Waals surface area contributed by atoms with Crippen molar-refractivity contribution in [1.29, 1.82) is 0 Å². The molecule has 0 saturated carbocycles. The molecule has 1 fully saturated rings. The lowest BCUT2D eigenvalue weighted by Crippen LogP contribution is -2.42. The van der Waals surface area contributed by atoms with E-state index in [2.05, 4.69) is 15.2 Å². The second kappa shape index (κ2) is 3.91. The molecule has 0 radical (unpaired) electrons. The molecule has 104 valence electrons. The molecular formula is C13H15N5O2. The Morgan fingerprint density at radius 1 is 1.40 bits per heavy atom. The summed E-state index contributed by atoms with van der Waals surface area (Å²) in [5.41, 5.74) is 0.632. The van der Waals surface area contributed by atoms with Crippen LogP contribution in [0.15, 0.2) is 10.7 Å². The Balaban J connectivity index is 1.88. The van der Waals surface area contributed by atoms with Gasteiger partial charge in [-0.1, -0.05) is 0 Å². The number of hydrogen-bond acceptors (Lipinski definition) is 5. The molecule has 2 aromatic heterocycles. The van der Waals surface area contributed by atoms with Crippen LogP contribution in [0.2, 0.25) is 0 Å². The maximum atomic E-state index is 12.5. The van der Waals surface area contributed by atoms with E-state index in [0.29, 0.717) is 17.4 Å². The van der Waals surface area contributed by atoms with E-state index in [1.807, 2.05) is 16.4 Å². The predicted octanol–water partition coefficient (Wildman–Crippen LogP) is 1.48. The fourth-order valence-electron chi connectivity index (χ4n) is 3.20. The lowest BCUT2D eigenvalue weighted by Gasteiger charge is -2.34. The number of fused-ring (bicyclic) bond motifs is 3. The highest BCUT2D eigenvalue weighted by Gasteiger charge is 2.43. The first-order valence-corrected chi connectivity index (χ1v) is 6.84. The van der Waals surface area contributed by atoms with Crippen molar-refractivity contribution < 1.29 is 9.21 Å². The van der Waals surface area contributed by atoms with Gasteiger partial charge in [-0.25, -0.2) is 4.98 Å². The summed E-state index contributed by atoms with van der Waals surface area (Å²) >= 11 is 0. The molecular weight excluding hydrogens is 258 g/mol. The SMILES string of the molecule is Cc1nc(-c2nnc3n2[C@@H](C)C(=O)N2CCC[C@@H]32)co1. The van der Waals surface area contributed by atoms with Crippen molar-refractivity contribution in [2.24, 2.45) is 0 Å². The zero-order valence-electron chi connectivity index (χ0n) is 11.4. The van der Waals surface area contributed by atoms with E-state index in [0.717, 1.165) is 25.2 Å². The van der Waals surface area contributed by atoms with Gasteiger partial charge in [-0.2, -0.15) is 0 Å². The molecule has 2 aromatic rings. The number of oxazole rings is 1. The fourth-order valence-corrected chi connectivity index (χ4v) is 3.20. The van der Waals surface area contributed by atoms with Crippen LogP contribution in [0.5, 0.6) is 0 Å². The Hall–Kier alpha value is -2.18. The highest BCUT2D eigenvalue weighted by molar-refractivity contribution is 5.82. The molecule has 7 heteroatoms. The molecule has 4 rings (SSSR count). The van der Waals surface area contributed by atoms with Crippen molar-refractivity contribution in [3.05, 3.63) is 18.0 Å². The summed E-state index contributed by atoms with van der Waals surface area (Å²) in [5.74, 6) is 2.20. The van der Waals surface area contributed by atoms with Gasteiger partial charge in [0, 0.05) is 13.5 Å². The van der Waals surface area contributed by atoms with Crippen LogP contribution in [0.25, 0.3) is 11.5 Å². The summed E-state index contributed by atoms with van der Waals surface area (Å²) in [6.45, 7) is 4.49. The van der Waals surface area contributed by atoms with Gasteiger partial charge in [-0.15, -0.1) is 10.2 Å². The minimum Gasteiger partial charge on any atom is -0.449 e. The molecule has 2 aliphatic heterocycles.